The van der Waals surface area contributed by atoms with Gasteiger partial charge in [-0.25, -0.2) is 9.97 Å². The molecule has 0 saturated heterocycles. The van der Waals surface area contributed by atoms with Gasteiger partial charge in [0, 0.05) is 29.7 Å². The predicted octanol–water partition coefficient (Wildman–Crippen LogP) is 5.69. The Balaban J connectivity index is 1.55. The van der Waals surface area contributed by atoms with Crippen molar-refractivity contribution in [2.45, 2.75) is 19.8 Å². The monoisotopic (exact) mass is 514 g/mol. The number of hydrogen-bond acceptors (Lipinski definition) is 7. The van der Waals surface area contributed by atoms with Crippen molar-refractivity contribution in [3.63, 3.8) is 0 Å². The largest absolute Gasteiger partial charge is 0.497 e. The Morgan fingerprint density at radius 2 is 1.56 bits per heavy atom. The zero-order valence-electron chi connectivity index (χ0n) is 21.6. The van der Waals surface area contributed by atoms with E-state index in [9.17, 15) is 4.79 Å². The molecular weight excluding hydrogens is 488 g/mol. The number of benzene rings is 3. The molecule has 0 amide bonds. The second kappa shape index (κ2) is 10.3. The third-order valence-corrected chi connectivity index (χ3v) is 6.72. The smallest absolute Gasteiger partial charge is 0.280 e. The lowest BCUT2D eigenvalue weighted by Crippen LogP contribution is -2.27. The quantitative estimate of drug-likeness (QED) is 0.298. The number of nitrogens with zero attached hydrogens (tertiary/aromatic N) is 5. The van der Waals surface area contributed by atoms with Crippen molar-refractivity contribution < 1.29 is 9.53 Å². The van der Waals surface area contributed by atoms with E-state index in [0.717, 1.165) is 33.6 Å². The molecule has 1 aliphatic heterocycles. The van der Waals surface area contributed by atoms with Crippen LogP contribution in [0.4, 0.5) is 5.95 Å². The lowest BCUT2D eigenvalue weighted by atomic mass is 9.92. The zero-order chi connectivity index (χ0) is 26.8. The van der Waals surface area contributed by atoms with Crippen molar-refractivity contribution in [2.24, 2.45) is 0 Å². The summed E-state index contributed by atoms with van der Waals surface area (Å²) in [4.78, 5) is 27.3. The van der Waals surface area contributed by atoms with Gasteiger partial charge >= 0.3 is 0 Å². The zero-order valence-corrected chi connectivity index (χ0v) is 21.6. The van der Waals surface area contributed by atoms with Gasteiger partial charge in [0.15, 0.2) is 0 Å². The minimum atomic E-state index is -0.229. The van der Waals surface area contributed by atoms with Crippen molar-refractivity contribution >= 4 is 17.4 Å². The van der Waals surface area contributed by atoms with Crippen LogP contribution >= 0.6 is 0 Å². The van der Waals surface area contributed by atoms with Crippen molar-refractivity contribution in [1.29, 1.82) is 0 Å². The van der Waals surface area contributed by atoms with Gasteiger partial charge in [-0.2, -0.15) is 14.8 Å². The third kappa shape index (κ3) is 4.57. The molecule has 0 atom stereocenters. The van der Waals surface area contributed by atoms with E-state index in [-0.39, 0.29) is 5.91 Å². The molecule has 8 nitrogen and oxygen atoms in total. The molecule has 6 rings (SSSR count). The van der Waals surface area contributed by atoms with Crippen LogP contribution in [-0.4, -0.2) is 37.7 Å². The van der Waals surface area contributed by atoms with E-state index in [1.165, 1.54) is 6.33 Å². The number of carbonyl (C=O) groups is 1. The molecule has 0 unspecified atom stereocenters. The molecule has 0 fully saturated rings. The second-order valence-corrected chi connectivity index (χ2v) is 9.08. The van der Waals surface area contributed by atoms with Gasteiger partial charge in [-0.15, -0.1) is 0 Å². The minimum absolute atomic E-state index is 0.229. The second-order valence-electron chi connectivity index (χ2n) is 9.08. The van der Waals surface area contributed by atoms with Crippen molar-refractivity contribution in [3.05, 3.63) is 114 Å². The van der Waals surface area contributed by atoms with Gasteiger partial charge in [0.1, 0.15) is 23.6 Å². The normalized spacial score (nSPS) is 12.8. The number of hydrogen-bond donors (Lipinski definition) is 1. The maximum Gasteiger partial charge on any atom is 0.280 e. The first-order chi connectivity index (χ1) is 19.2. The summed E-state index contributed by atoms with van der Waals surface area (Å²) in [5, 5.41) is 8.25. The minimum Gasteiger partial charge on any atom is -0.497 e. The Hall–Kier alpha value is -5.11. The molecule has 0 radical (unpaired) electrons. The summed E-state index contributed by atoms with van der Waals surface area (Å²) >= 11 is 0. The van der Waals surface area contributed by atoms with Gasteiger partial charge in [-0.1, -0.05) is 79.7 Å². The van der Waals surface area contributed by atoms with Crippen LogP contribution in [0.15, 0.2) is 97.0 Å². The summed E-state index contributed by atoms with van der Waals surface area (Å²) in [6, 6.07) is 27.4. The standard InChI is InChI=1S/C31H26N6O2/c1-3-26-32-19-33-31(35-26)34-24-18-25-28(20-10-6-4-7-11-20)29(22-12-8-5-9-13-22)36-37(25)30(38)27(24)21-14-16-23(39-2)17-15-21/h4-17,19H,3,18H2,1-2H3,(H,32,33,34,35). The van der Waals surface area contributed by atoms with Gasteiger partial charge in [0.25, 0.3) is 5.91 Å². The van der Waals surface area contributed by atoms with E-state index >= 15 is 0 Å². The van der Waals surface area contributed by atoms with Gasteiger partial charge in [-0.05, 0) is 23.3 Å². The Morgan fingerprint density at radius 1 is 0.872 bits per heavy atom. The Labute approximate surface area is 226 Å². The molecule has 0 saturated carbocycles. The summed E-state index contributed by atoms with van der Waals surface area (Å²) < 4.78 is 6.89. The number of ether oxygens (including phenoxy) is 1. The number of allylic oxidation sites excluding steroid dienone is 2. The summed E-state index contributed by atoms with van der Waals surface area (Å²) in [6.45, 7) is 1.99. The lowest BCUT2D eigenvalue weighted by molar-refractivity contribution is 0.0958. The molecule has 0 aliphatic carbocycles. The van der Waals surface area contributed by atoms with E-state index in [4.69, 9.17) is 9.84 Å². The van der Waals surface area contributed by atoms with Crippen LogP contribution in [-0.2, 0) is 12.8 Å². The highest BCUT2D eigenvalue weighted by molar-refractivity contribution is 6.23. The van der Waals surface area contributed by atoms with Crippen LogP contribution in [0.25, 0.3) is 28.0 Å². The lowest BCUT2D eigenvalue weighted by Gasteiger charge is -2.22. The van der Waals surface area contributed by atoms with Crippen molar-refractivity contribution in [1.82, 2.24) is 24.7 Å². The molecule has 3 heterocycles. The predicted molar refractivity (Wildman–Crippen MR) is 150 cm³/mol. The molecule has 1 aliphatic rings. The maximum atomic E-state index is 14.2. The summed E-state index contributed by atoms with van der Waals surface area (Å²) in [6.07, 6.45) is 2.58. The third-order valence-electron chi connectivity index (χ3n) is 6.72. The number of anilines is 1. The fourth-order valence-electron chi connectivity index (χ4n) is 4.84. The fourth-order valence-corrected chi connectivity index (χ4v) is 4.84. The highest BCUT2D eigenvalue weighted by Crippen LogP contribution is 2.40. The van der Waals surface area contributed by atoms with Gasteiger partial charge in [0.05, 0.1) is 18.4 Å². The average Bonchev–Trinajstić information content (AvgIpc) is 3.38. The first-order valence-corrected chi connectivity index (χ1v) is 12.8. The highest BCUT2D eigenvalue weighted by Gasteiger charge is 2.33. The van der Waals surface area contributed by atoms with Crippen LogP contribution < -0.4 is 10.1 Å². The van der Waals surface area contributed by atoms with E-state index in [1.54, 1.807) is 11.8 Å². The maximum absolute atomic E-state index is 14.2. The van der Waals surface area contributed by atoms with Gasteiger partial charge < -0.3 is 10.1 Å². The molecule has 2 aromatic heterocycles. The molecule has 0 spiro atoms. The van der Waals surface area contributed by atoms with E-state index in [1.807, 2.05) is 91.9 Å². The van der Waals surface area contributed by atoms with Crippen LogP contribution in [0, 0.1) is 0 Å². The average molecular weight is 515 g/mol. The summed E-state index contributed by atoms with van der Waals surface area (Å²) in [5.41, 5.74) is 6.36. The number of nitrogens with one attached hydrogen (secondary N) is 1. The molecular formula is C31H26N6O2. The molecule has 0 bridgehead atoms. The molecule has 192 valence electrons. The number of methoxy groups -OCH3 is 1. The number of aromatic nitrogens is 5. The SMILES string of the molecule is CCc1ncnc(NC2=C(c3ccc(OC)cc3)C(=O)n3nc(-c4ccccc4)c(-c4ccccc4)c3C2)n1. The molecule has 8 heteroatoms. The molecule has 39 heavy (non-hydrogen) atoms. The molecule has 5 aromatic rings. The highest BCUT2D eigenvalue weighted by atomic mass is 16.5. The van der Waals surface area contributed by atoms with Crippen LogP contribution in [0.2, 0.25) is 0 Å². The number of carbonyl (C=O) groups excluding carboxylic acids is 1. The number of rotatable bonds is 7. The van der Waals surface area contributed by atoms with Crippen molar-refractivity contribution in [2.75, 3.05) is 12.4 Å². The Bertz CT molecular complexity index is 1680. The summed E-state index contributed by atoms with van der Waals surface area (Å²) in [7, 11) is 1.62. The topological polar surface area (TPSA) is 94.8 Å². The van der Waals surface area contributed by atoms with E-state index in [2.05, 4.69) is 20.3 Å². The fraction of sp³-hybridized carbons (Fsp3) is 0.129. The van der Waals surface area contributed by atoms with Gasteiger partial charge in [-0.3, -0.25) is 4.79 Å². The number of aryl methyl sites for hydroxylation is 1. The first kappa shape index (κ1) is 24.2. The van der Waals surface area contributed by atoms with E-state index < -0.39 is 0 Å². The van der Waals surface area contributed by atoms with Crippen LogP contribution in [0.3, 0.4) is 0 Å². The molecule has 1 N–H and O–H groups in total. The summed E-state index contributed by atoms with van der Waals surface area (Å²) in [5.74, 6) is 1.54. The molecule has 3 aromatic carbocycles. The Morgan fingerprint density at radius 3 is 2.23 bits per heavy atom. The number of fused-ring (bicyclic) bond motifs is 1. The first-order valence-electron chi connectivity index (χ1n) is 12.8. The van der Waals surface area contributed by atoms with E-state index in [0.29, 0.717) is 41.6 Å². The van der Waals surface area contributed by atoms with Gasteiger partial charge in [0.2, 0.25) is 5.95 Å². The Kier molecular flexibility index (Phi) is 6.42. The van der Waals surface area contributed by atoms with Crippen LogP contribution in [0.1, 0.15) is 28.8 Å². The van der Waals surface area contributed by atoms with Crippen LogP contribution in [0.5, 0.6) is 5.75 Å². The van der Waals surface area contributed by atoms with Crippen molar-refractivity contribution in [3.8, 4) is 28.1 Å².